The maximum absolute atomic E-state index is 12.1. The van der Waals surface area contributed by atoms with E-state index in [4.69, 9.17) is 27.9 Å². The molecule has 8 nitrogen and oxygen atoms in total. The average Bonchev–Trinajstić information content (AvgIpc) is 2.88. The minimum atomic E-state index is -0.873. The lowest BCUT2D eigenvalue weighted by atomic mass is 10.0. The minimum Gasteiger partial charge on any atom is -0.484 e. The highest BCUT2D eigenvalue weighted by Crippen LogP contribution is 2.25. The van der Waals surface area contributed by atoms with Crippen LogP contribution in [0.4, 0.5) is 5.69 Å². The molecule has 0 aliphatic carbocycles. The average molecular weight is 541 g/mol. The second kappa shape index (κ2) is 13.4. The largest absolute Gasteiger partial charge is 0.484 e. The number of hydrogen-bond donors (Lipinski definition) is 3. The van der Waals surface area contributed by atoms with Crippen LogP contribution in [0.5, 0.6) is 5.75 Å². The molecule has 0 saturated carbocycles. The van der Waals surface area contributed by atoms with E-state index < -0.39 is 11.8 Å². The topological polar surface area (TPSA) is 109 Å². The van der Waals surface area contributed by atoms with Crippen LogP contribution in [0.1, 0.15) is 36.5 Å². The van der Waals surface area contributed by atoms with Crippen LogP contribution in [0.25, 0.3) is 0 Å². The molecule has 0 unspecified atom stereocenters. The Labute approximate surface area is 225 Å². The van der Waals surface area contributed by atoms with Crippen LogP contribution in [-0.2, 0) is 20.9 Å². The zero-order valence-corrected chi connectivity index (χ0v) is 21.8. The molecule has 0 atom stereocenters. The second-order valence-electron chi connectivity index (χ2n) is 8.31. The van der Waals surface area contributed by atoms with Crippen molar-refractivity contribution in [2.24, 2.45) is 5.10 Å². The Morgan fingerprint density at radius 1 is 0.946 bits per heavy atom. The van der Waals surface area contributed by atoms with E-state index in [1.54, 1.807) is 36.4 Å². The first kappa shape index (κ1) is 27.7. The lowest BCUT2D eigenvalue weighted by molar-refractivity contribution is -0.139. The summed E-state index contributed by atoms with van der Waals surface area (Å²) in [7, 11) is 0. The van der Waals surface area contributed by atoms with Gasteiger partial charge in [0.25, 0.3) is 5.91 Å². The summed E-state index contributed by atoms with van der Waals surface area (Å²) in [6, 6.07) is 19.2. The van der Waals surface area contributed by atoms with Crippen molar-refractivity contribution in [1.29, 1.82) is 0 Å². The molecule has 0 radical (unpaired) electrons. The van der Waals surface area contributed by atoms with E-state index in [1.807, 2.05) is 24.3 Å². The first-order valence-corrected chi connectivity index (χ1v) is 12.1. The molecule has 3 amide bonds. The van der Waals surface area contributed by atoms with Crippen LogP contribution in [0.3, 0.4) is 0 Å². The lowest BCUT2D eigenvalue weighted by Crippen LogP contribution is -2.37. The molecule has 0 bridgehead atoms. The fourth-order valence-electron chi connectivity index (χ4n) is 3.08. The van der Waals surface area contributed by atoms with E-state index in [1.165, 1.54) is 17.8 Å². The number of halogens is 2. The molecule has 192 valence electrons. The number of hydrogen-bond acceptors (Lipinski definition) is 5. The standard InChI is InChI=1S/C27H26Cl2N4O4/c1-17(2)20-7-3-18(4-8-20)14-30-26(35)27(36)33-31-15-19-5-10-22(11-6-19)37-16-25(34)32-24-12-9-21(28)13-23(24)29/h3-13,15,17H,14,16H2,1-2H3,(H,30,35)(H,32,34)(H,33,36)/b31-15-. The molecule has 3 aromatic rings. The van der Waals surface area contributed by atoms with Gasteiger partial charge in [0, 0.05) is 11.6 Å². The first-order valence-electron chi connectivity index (χ1n) is 11.4. The van der Waals surface area contributed by atoms with Gasteiger partial charge in [-0.05, 0) is 65.1 Å². The van der Waals surface area contributed by atoms with Crippen LogP contribution >= 0.6 is 23.2 Å². The lowest BCUT2D eigenvalue weighted by Gasteiger charge is -2.09. The Hall–Kier alpha value is -3.88. The number of carbonyl (C=O) groups excluding carboxylic acids is 3. The molecule has 37 heavy (non-hydrogen) atoms. The quantitative estimate of drug-likeness (QED) is 0.203. The van der Waals surface area contributed by atoms with E-state index in [2.05, 4.69) is 35.0 Å². The van der Waals surface area contributed by atoms with Crippen molar-refractivity contribution >= 4 is 52.8 Å². The first-order chi connectivity index (χ1) is 17.7. The summed E-state index contributed by atoms with van der Waals surface area (Å²) >= 11 is 11.9. The van der Waals surface area contributed by atoms with Gasteiger partial charge < -0.3 is 15.4 Å². The van der Waals surface area contributed by atoms with Gasteiger partial charge in [0.2, 0.25) is 0 Å². The number of hydrazone groups is 1. The maximum Gasteiger partial charge on any atom is 0.329 e. The molecular formula is C27H26Cl2N4O4. The van der Waals surface area contributed by atoms with E-state index in [-0.39, 0.29) is 19.1 Å². The molecule has 0 aromatic heterocycles. The van der Waals surface area contributed by atoms with Gasteiger partial charge in [-0.1, -0.05) is 61.3 Å². The Balaban J connectivity index is 1.40. The summed E-state index contributed by atoms with van der Waals surface area (Å²) in [4.78, 5) is 36.0. The zero-order chi connectivity index (χ0) is 26.8. The number of carbonyl (C=O) groups is 3. The number of amides is 3. The Bertz CT molecular complexity index is 1280. The molecule has 10 heteroatoms. The summed E-state index contributed by atoms with van der Waals surface area (Å²) in [6.45, 7) is 4.22. The van der Waals surface area contributed by atoms with Crippen molar-refractivity contribution in [3.05, 3.63) is 93.5 Å². The third kappa shape index (κ3) is 8.93. The number of ether oxygens (including phenoxy) is 1. The van der Waals surface area contributed by atoms with Gasteiger partial charge in [0.05, 0.1) is 16.9 Å². The van der Waals surface area contributed by atoms with E-state index >= 15 is 0 Å². The molecule has 0 saturated heterocycles. The van der Waals surface area contributed by atoms with Gasteiger partial charge in [-0.3, -0.25) is 14.4 Å². The van der Waals surface area contributed by atoms with Crippen LogP contribution < -0.4 is 20.8 Å². The van der Waals surface area contributed by atoms with Gasteiger partial charge in [-0.15, -0.1) is 0 Å². The van der Waals surface area contributed by atoms with Crippen molar-refractivity contribution in [3.8, 4) is 5.75 Å². The van der Waals surface area contributed by atoms with Gasteiger partial charge in [0.15, 0.2) is 6.61 Å². The number of rotatable bonds is 9. The third-order valence-electron chi connectivity index (χ3n) is 5.14. The second-order valence-corrected chi connectivity index (χ2v) is 9.15. The minimum absolute atomic E-state index is 0.223. The Morgan fingerprint density at radius 2 is 1.65 bits per heavy atom. The molecule has 0 heterocycles. The summed E-state index contributed by atoms with van der Waals surface area (Å²) in [5, 5.41) is 9.80. The zero-order valence-electron chi connectivity index (χ0n) is 20.3. The summed E-state index contributed by atoms with van der Waals surface area (Å²) in [6.07, 6.45) is 1.38. The smallest absolute Gasteiger partial charge is 0.329 e. The van der Waals surface area contributed by atoms with E-state index in [0.717, 1.165) is 5.56 Å². The van der Waals surface area contributed by atoms with Crippen LogP contribution in [-0.4, -0.2) is 30.5 Å². The van der Waals surface area contributed by atoms with Crippen molar-refractivity contribution in [1.82, 2.24) is 10.7 Å². The van der Waals surface area contributed by atoms with Crippen molar-refractivity contribution in [3.63, 3.8) is 0 Å². The van der Waals surface area contributed by atoms with Crippen LogP contribution in [0, 0.1) is 0 Å². The SMILES string of the molecule is CC(C)c1ccc(CNC(=O)C(=O)N/N=C\c2ccc(OCC(=O)Nc3ccc(Cl)cc3Cl)cc2)cc1. The predicted molar refractivity (Wildman–Crippen MR) is 145 cm³/mol. The summed E-state index contributed by atoms with van der Waals surface area (Å²) < 4.78 is 5.47. The highest BCUT2D eigenvalue weighted by Gasteiger charge is 2.12. The summed E-state index contributed by atoms with van der Waals surface area (Å²) in [5.41, 5.74) is 5.37. The fraction of sp³-hybridized carbons (Fsp3) is 0.185. The Kier molecular flexibility index (Phi) is 10.1. The Morgan fingerprint density at radius 3 is 2.30 bits per heavy atom. The molecule has 3 N–H and O–H groups in total. The van der Waals surface area contributed by atoms with Crippen molar-refractivity contribution in [2.45, 2.75) is 26.3 Å². The normalized spacial score (nSPS) is 10.8. The molecular weight excluding hydrogens is 515 g/mol. The molecule has 0 fully saturated rings. The van der Waals surface area contributed by atoms with Crippen LogP contribution in [0.15, 0.2) is 71.8 Å². The van der Waals surface area contributed by atoms with E-state index in [0.29, 0.717) is 33.0 Å². The molecule has 0 aliphatic rings. The fourth-order valence-corrected chi connectivity index (χ4v) is 3.53. The van der Waals surface area contributed by atoms with Gasteiger partial charge in [-0.2, -0.15) is 5.10 Å². The molecule has 0 spiro atoms. The maximum atomic E-state index is 12.1. The molecule has 3 aromatic carbocycles. The number of nitrogens with zero attached hydrogens (tertiary/aromatic N) is 1. The highest BCUT2D eigenvalue weighted by atomic mass is 35.5. The van der Waals surface area contributed by atoms with Crippen molar-refractivity contribution in [2.75, 3.05) is 11.9 Å². The van der Waals surface area contributed by atoms with Gasteiger partial charge in [-0.25, -0.2) is 5.43 Å². The van der Waals surface area contributed by atoms with Gasteiger partial charge in [0.1, 0.15) is 5.75 Å². The van der Waals surface area contributed by atoms with Gasteiger partial charge >= 0.3 is 11.8 Å². The molecule has 0 aliphatic heterocycles. The highest BCUT2D eigenvalue weighted by molar-refractivity contribution is 6.36. The number of nitrogens with one attached hydrogen (secondary N) is 3. The summed E-state index contributed by atoms with van der Waals surface area (Å²) in [5.74, 6) is -1.17. The van der Waals surface area contributed by atoms with E-state index in [9.17, 15) is 14.4 Å². The number of benzene rings is 3. The van der Waals surface area contributed by atoms with Crippen molar-refractivity contribution < 1.29 is 19.1 Å². The monoisotopic (exact) mass is 540 g/mol. The van der Waals surface area contributed by atoms with Crippen LogP contribution in [0.2, 0.25) is 10.0 Å². The molecule has 3 rings (SSSR count). The number of anilines is 1. The predicted octanol–water partition coefficient (Wildman–Crippen LogP) is 4.90. The third-order valence-corrected chi connectivity index (χ3v) is 5.69.